The molecule has 26 heavy (non-hydrogen) atoms. The van der Waals surface area contributed by atoms with Crippen molar-refractivity contribution < 1.29 is 4.79 Å². The van der Waals surface area contributed by atoms with E-state index < -0.39 is 0 Å². The summed E-state index contributed by atoms with van der Waals surface area (Å²) in [5, 5.41) is 3.38. The Morgan fingerprint density at radius 1 is 1.12 bits per heavy atom. The molecule has 2 aliphatic heterocycles. The normalized spacial score (nSPS) is 20.4. The minimum absolute atomic E-state index is 0.155. The predicted octanol–water partition coefficient (Wildman–Crippen LogP) is 1.85. The first-order valence-electron chi connectivity index (χ1n) is 9.39. The third-order valence-corrected chi connectivity index (χ3v) is 5.09. The van der Waals surface area contributed by atoms with Gasteiger partial charge in [0.25, 0.3) is 0 Å². The van der Waals surface area contributed by atoms with Gasteiger partial charge in [0.2, 0.25) is 5.91 Å². The molecule has 2 aromatic rings. The number of likely N-dealkylation sites (tertiary alicyclic amines) is 1. The Morgan fingerprint density at radius 2 is 1.88 bits per heavy atom. The van der Waals surface area contributed by atoms with E-state index in [1.807, 2.05) is 48.2 Å². The van der Waals surface area contributed by atoms with E-state index in [9.17, 15) is 4.79 Å². The second-order valence-electron chi connectivity index (χ2n) is 7.04. The van der Waals surface area contributed by atoms with Crippen LogP contribution in [0.5, 0.6) is 0 Å². The molecular weight excluding hydrogens is 326 g/mol. The van der Waals surface area contributed by atoms with E-state index in [1.54, 1.807) is 0 Å². The number of hydrogen-bond donors (Lipinski definition) is 1. The van der Waals surface area contributed by atoms with Crippen molar-refractivity contribution >= 4 is 11.7 Å². The number of anilines is 1. The highest BCUT2D eigenvalue weighted by molar-refractivity contribution is 5.83. The fourth-order valence-electron chi connectivity index (χ4n) is 3.71. The molecule has 3 heterocycles. The molecule has 0 aliphatic carbocycles. The zero-order chi connectivity index (χ0) is 17.9. The van der Waals surface area contributed by atoms with Crippen LogP contribution in [-0.4, -0.2) is 59.5 Å². The summed E-state index contributed by atoms with van der Waals surface area (Å²) < 4.78 is 0. The number of carbonyl (C=O) groups excluding carboxylic acids is 1. The number of nitrogens with zero attached hydrogens (tertiary/aromatic N) is 4. The number of benzene rings is 1. The average molecular weight is 351 g/mol. The molecule has 1 aromatic carbocycles. The van der Waals surface area contributed by atoms with Crippen LogP contribution < -0.4 is 10.2 Å². The third-order valence-electron chi connectivity index (χ3n) is 5.09. The SMILES string of the molecule is Cc1cc(N2CCN[C@@H](C(=O)N3CCCC3)C2)nc(-c2ccccc2)n1. The van der Waals surface area contributed by atoms with Crippen molar-refractivity contribution in [1.82, 2.24) is 20.2 Å². The van der Waals surface area contributed by atoms with Crippen LogP contribution in [0, 0.1) is 6.92 Å². The summed E-state index contributed by atoms with van der Waals surface area (Å²) in [5.74, 6) is 1.86. The van der Waals surface area contributed by atoms with E-state index in [0.29, 0.717) is 6.54 Å². The first-order valence-corrected chi connectivity index (χ1v) is 9.39. The van der Waals surface area contributed by atoms with Gasteiger partial charge in [-0.3, -0.25) is 4.79 Å². The lowest BCUT2D eigenvalue weighted by molar-refractivity contribution is -0.132. The highest BCUT2D eigenvalue weighted by Gasteiger charge is 2.30. The van der Waals surface area contributed by atoms with Crippen LogP contribution in [-0.2, 0) is 4.79 Å². The van der Waals surface area contributed by atoms with Crippen LogP contribution in [0.2, 0.25) is 0 Å². The van der Waals surface area contributed by atoms with Gasteiger partial charge < -0.3 is 15.1 Å². The molecule has 2 aliphatic rings. The summed E-state index contributed by atoms with van der Waals surface area (Å²) in [6, 6.07) is 11.9. The van der Waals surface area contributed by atoms with Crippen molar-refractivity contribution in [2.24, 2.45) is 0 Å². The number of hydrogen-bond acceptors (Lipinski definition) is 5. The van der Waals surface area contributed by atoms with Crippen LogP contribution in [0.25, 0.3) is 11.4 Å². The number of amides is 1. The van der Waals surface area contributed by atoms with Gasteiger partial charge in [-0.2, -0.15) is 0 Å². The fraction of sp³-hybridized carbons (Fsp3) is 0.450. The van der Waals surface area contributed by atoms with Gasteiger partial charge in [0.1, 0.15) is 11.9 Å². The molecule has 1 amide bonds. The Labute approximate surface area is 154 Å². The van der Waals surface area contributed by atoms with Gasteiger partial charge in [0.15, 0.2) is 5.82 Å². The smallest absolute Gasteiger partial charge is 0.241 e. The molecule has 6 nitrogen and oxygen atoms in total. The maximum absolute atomic E-state index is 12.7. The van der Waals surface area contributed by atoms with Gasteiger partial charge in [-0.1, -0.05) is 30.3 Å². The lowest BCUT2D eigenvalue weighted by Crippen LogP contribution is -2.57. The van der Waals surface area contributed by atoms with Crippen molar-refractivity contribution in [3.05, 3.63) is 42.1 Å². The molecule has 0 bridgehead atoms. The van der Waals surface area contributed by atoms with Crippen LogP contribution in [0.15, 0.2) is 36.4 Å². The first kappa shape index (κ1) is 17.0. The average Bonchev–Trinajstić information content (AvgIpc) is 3.22. The van der Waals surface area contributed by atoms with Crippen molar-refractivity contribution in [3.63, 3.8) is 0 Å². The Bertz CT molecular complexity index is 773. The number of aromatic nitrogens is 2. The number of carbonyl (C=O) groups is 1. The number of piperazine rings is 1. The molecule has 0 saturated carbocycles. The Hall–Kier alpha value is -2.47. The standard InChI is InChI=1S/C20H25N5O/c1-15-13-18(23-19(22-15)16-7-3-2-4-8-16)25-12-9-21-17(14-25)20(26)24-10-5-6-11-24/h2-4,7-8,13,17,21H,5-6,9-12,14H2,1H3/t17-/m1/s1. The summed E-state index contributed by atoms with van der Waals surface area (Å²) in [5.41, 5.74) is 1.95. The number of rotatable bonds is 3. The molecule has 0 unspecified atom stereocenters. The zero-order valence-corrected chi connectivity index (χ0v) is 15.2. The highest BCUT2D eigenvalue weighted by atomic mass is 16.2. The minimum atomic E-state index is -0.155. The van der Waals surface area contributed by atoms with Crippen molar-refractivity contribution in [1.29, 1.82) is 0 Å². The summed E-state index contributed by atoms with van der Waals surface area (Å²) >= 11 is 0. The Balaban J connectivity index is 1.55. The van der Waals surface area contributed by atoms with E-state index in [-0.39, 0.29) is 11.9 Å². The molecule has 4 rings (SSSR count). The first-order chi connectivity index (χ1) is 12.7. The largest absolute Gasteiger partial charge is 0.353 e. The van der Waals surface area contributed by atoms with Gasteiger partial charge >= 0.3 is 0 Å². The molecular formula is C20H25N5O. The molecule has 136 valence electrons. The number of nitrogens with one attached hydrogen (secondary N) is 1. The van der Waals surface area contributed by atoms with Crippen LogP contribution in [0.3, 0.4) is 0 Å². The van der Waals surface area contributed by atoms with E-state index in [4.69, 9.17) is 4.98 Å². The van der Waals surface area contributed by atoms with E-state index in [1.165, 1.54) is 0 Å². The predicted molar refractivity (Wildman–Crippen MR) is 102 cm³/mol. The summed E-state index contributed by atoms with van der Waals surface area (Å²) in [6.07, 6.45) is 2.24. The van der Waals surface area contributed by atoms with Crippen molar-refractivity contribution in [2.45, 2.75) is 25.8 Å². The summed E-state index contributed by atoms with van der Waals surface area (Å²) in [7, 11) is 0. The van der Waals surface area contributed by atoms with Gasteiger partial charge in [0, 0.05) is 50.0 Å². The van der Waals surface area contributed by atoms with Crippen LogP contribution >= 0.6 is 0 Å². The minimum Gasteiger partial charge on any atom is -0.353 e. The van der Waals surface area contributed by atoms with Gasteiger partial charge in [0.05, 0.1) is 0 Å². The topological polar surface area (TPSA) is 61.4 Å². The van der Waals surface area contributed by atoms with Crippen molar-refractivity contribution in [3.8, 4) is 11.4 Å². The molecule has 1 N–H and O–H groups in total. The van der Waals surface area contributed by atoms with E-state index >= 15 is 0 Å². The second kappa shape index (κ2) is 7.41. The maximum atomic E-state index is 12.7. The lowest BCUT2D eigenvalue weighted by atomic mass is 10.1. The van der Waals surface area contributed by atoms with Gasteiger partial charge in [-0.05, 0) is 19.8 Å². The summed E-state index contributed by atoms with van der Waals surface area (Å²) in [6.45, 7) is 6.05. The molecule has 2 saturated heterocycles. The third kappa shape index (κ3) is 3.55. The Morgan fingerprint density at radius 3 is 2.65 bits per heavy atom. The molecule has 1 aromatic heterocycles. The van der Waals surface area contributed by atoms with Gasteiger partial charge in [-0.25, -0.2) is 9.97 Å². The highest BCUT2D eigenvalue weighted by Crippen LogP contribution is 2.21. The van der Waals surface area contributed by atoms with Crippen molar-refractivity contribution in [2.75, 3.05) is 37.6 Å². The molecule has 1 atom stereocenters. The zero-order valence-electron chi connectivity index (χ0n) is 15.2. The van der Waals surface area contributed by atoms with Crippen LogP contribution in [0.4, 0.5) is 5.82 Å². The molecule has 2 fully saturated rings. The second-order valence-corrected chi connectivity index (χ2v) is 7.04. The maximum Gasteiger partial charge on any atom is 0.241 e. The summed E-state index contributed by atoms with van der Waals surface area (Å²) in [4.78, 5) is 26.3. The monoisotopic (exact) mass is 351 g/mol. The van der Waals surface area contributed by atoms with Gasteiger partial charge in [-0.15, -0.1) is 0 Å². The lowest BCUT2D eigenvalue weighted by Gasteiger charge is -2.35. The number of aryl methyl sites for hydroxylation is 1. The Kier molecular flexibility index (Phi) is 4.84. The van der Waals surface area contributed by atoms with E-state index in [0.717, 1.165) is 61.9 Å². The molecule has 6 heteroatoms. The quantitative estimate of drug-likeness (QED) is 0.914. The van der Waals surface area contributed by atoms with E-state index in [2.05, 4.69) is 15.2 Å². The van der Waals surface area contributed by atoms with Crippen LogP contribution in [0.1, 0.15) is 18.5 Å². The molecule has 0 spiro atoms. The fourth-order valence-corrected chi connectivity index (χ4v) is 3.71. The molecule has 0 radical (unpaired) electrons.